The van der Waals surface area contributed by atoms with Gasteiger partial charge in [0.15, 0.2) is 11.6 Å². The molecule has 0 saturated carbocycles. The lowest BCUT2D eigenvalue weighted by molar-refractivity contribution is -0.164. The van der Waals surface area contributed by atoms with Crippen molar-refractivity contribution < 1.29 is 62.0 Å². The maximum absolute atomic E-state index is 14.3. The van der Waals surface area contributed by atoms with Gasteiger partial charge in [0.25, 0.3) is 6.47 Å². The highest BCUT2D eigenvalue weighted by Gasteiger charge is 2.37. The number of hydrogen-bond acceptors (Lipinski definition) is 13. The molecule has 0 amide bonds. The Kier molecular flexibility index (Phi) is 16.2. The molecule has 2 unspecified atom stereocenters. The van der Waals surface area contributed by atoms with Gasteiger partial charge in [-0.1, -0.05) is 99.8 Å². The Morgan fingerprint density at radius 1 is 0.574 bits per heavy atom. The Hall–Kier alpha value is -7.77. The third kappa shape index (κ3) is 11.6. The van der Waals surface area contributed by atoms with Crippen LogP contribution in [0.2, 0.25) is 0 Å². The molecule has 0 aromatic heterocycles. The molecule has 350 valence electrons. The molecule has 2 atom stereocenters. The Morgan fingerprint density at radius 2 is 0.985 bits per heavy atom. The average Bonchev–Trinajstić information content (AvgIpc) is 3.34. The number of rotatable bonds is 20. The highest BCUT2D eigenvalue weighted by Crippen LogP contribution is 2.44. The zero-order valence-corrected chi connectivity index (χ0v) is 38.6. The second kappa shape index (κ2) is 22.1. The first-order valence-corrected chi connectivity index (χ1v) is 21.8. The normalized spacial score (nSPS) is 15.0. The van der Waals surface area contributed by atoms with E-state index in [0.717, 1.165) is 33.4 Å². The van der Waals surface area contributed by atoms with Crippen molar-refractivity contribution in [3.8, 4) is 11.5 Å². The molecule has 0 fully saturated rings. The van der Waals surface area contributed by atoms with E-state index >= 15 is 0 Å². The SMILES string of the molecule is C=C(C)C(=O)OCC(COC)(COC(=O)CCC(=O)Oc1ccc(C(C)C2=C/C(=C3/C=C(C(C)c4ccc(OC=O)cc4)C(=O)c4ccccc43)c3ccccc3C2=O)cc1)COC(=O)C(=C)C. The number of esters is 4. The first-order valence-electron chi connectivity index (χ1n) is 21.8. The molecule has 0 saturated heterocycles. The molecule has 0 radical (unpaired) electrons. The second-order valence-corrected chi connectivity index (χ2v) is 16.9. The van der Waals surface area contributed by atoms with Gasteiger partial charge < -0.3 is 28.4 Å². The van der Waals surface area contributed by atoms with E-state index in [9.17, 15) is 33.6 Å². The van der Waals surface area contributed by atoms with E-state index in [-0.39, 0.29) is 73.6 Å². The van der Waals surface area contributed by atoms with Crippen molar-refractivity contribution in [1.82, 2.24) is 0 Å². The van der Waals surface area contributed by atoms with Crippen molar-refractivity contribution >= 4 is 53.1 Å². The van der Waals surface area contributed by atoms with Crippen LogP contribution in [0.25, 0.3) is 11.1 Å². The van der Waals surface area contributed by atoms with Crippen molar-refractivity contribution in [2.45, 2.75) is 52.4 Å². The minimum Gasteiger partial charge on any atom is -0.465 e. The number of methoxy groups -OCH3 is 1. The van der Waals surface area contributed by atoms with Crippen molar-refractivity contribution in [3.05, 3.63) is 178 Å². The van der Waals surface area contributed by atoms with Crippen LogP contribution in [-0.4, -0.2) is 75.5 Å². The quantitative estimate of drug-likeness (QED) is 0.0270. The standard InChI is InChI=1S/C55H52O13/c1-33(2)53(61)65-30-55(28-63-7,31-66-54(62)34(3)4)29-64-49(57)24-25-50(58)68-40-22-18-38(19-23-40)36(6)46-27-48(42-13-9-11-15-44(42)52(46)60)47-26-45(51(59)43-14-10-8-12-41(43)47)35(5)37-16-20-39(21-17-37)67-32-56/h8-23,26-27,32,35-36H,1,3,24-25,28-31H2,2,4-7H3/b48-47+. The lowest BCUT2D eigenvalue weighted by Crippen LogP contribution is -2.43. The molecule has 4 aromatic carbocycles. The van der Waals surface area contributed by atoms with Crippen LogP contribution in [-0.2, 0) is 42.9 Å². The van der Waals surface area contributed by atoms with E-state index in [4.69, 9.17) is 28.4 Å². The van der Waals surface area contributed by atoms with Crippen molar-refractivity contribution in [3.63, 3.8) is 0 Å². The number of ether oxygens (including phenoxy) is 6. The summed E-state index contributed by atoms with van der Waals surface area (Å²) in [6.45, 7) is 13.1. The van der Waals surface area contributed by atoms with Crippen LogP contribution >= 0.6 is 0 Å². The molecular formula is C55H52O13. The zero-order chi connectivity index (χ0) is 49.1. The summed E-state index contributed by atoms with van der Waals surface area (Å²) in [5.74, 6) is -3.24. The number of carbonyl (C=O) groups is 7. The number of fused-ring (bicyclic) bond motifs is 2. The summed E-state index contributed by atoms with van der Waals surface area (Å²) >= 11 is 0. The molecule has 0 bridgehead atoms. The number of allylic oxidation sites excluding steroid dienone is 6. The Balaban J connectivity index is 1.18. The second-order valence-electron chi connectivity index (χ2n) is 16.9. The maximum Gasteiger partial charge on any atom is 0.333 e. The third-order valence-electron chi connectivity index (χ3n) is 11.7. The average molecular weight is 921 g/mol. The van der Waals surface area contributed by atoms with Crippen LogP contribution in [0.1, 0.15) is 95.3 Å². The fourth-order valence-corrected chi connectivity index (χ4v) is 7.84. The summed E-state index contributed by atoms with van der Waals surface area (Å²) < 4.78 is 31.9. The molecule has 6 rings (SSSR count). The van der Waals surface area contributed by atoms with Gasteiger partial charge in [-0.3, -0.25) is 24.0 Å². The van der Waals surface area contributed by atoms with E-state index in [1.165, 1.54) is 21.0 Å². The van der Waals surface area contributed by atoms with Gasteiger partial charge in [-0.15, -0.1) is 0 Å². The molecule has 68 heavy (non-hydrogen) atoms. The van der Waals surface area contributed by atoms with E-state index in [2.05, 4.69) is 13.2 Å². The van der Waals surface area contributed by atoms with Crippen LogP contribution in [0.4, 0.5) is 0 Å². The highest BCUT2D eigenvalue weighted by molar-refractivity contribution is 6.24. The van der Waals surface area contributed by atoms with Gasteiger partial charge in [-0.25, -0.2) is 9.59 Å². The van der Waals surface area contributed by atoms with Crippen molar-refractivity contribution in [2.24, 2.45) is 5.41 Å². The molecule has 13 nitrogen and oxygen atoms in total. The third-order valence-corrected chi connectivity index (χ3v) is 11.7. The summed E-state index contributed by atoms with van der Waals surface area (Å²) in [4.78, 5) is 89.5. The fourth-order valence-electron chi connectivity index (χ4n) is 7.84. The summed E-state index contributed by atoms with van der Waals surface area (Å²) in [6, 6.07) is 28.6. The van der Waals surface area contributed by atoms with Gasteiger partial charge in [-0.2, -0.15) is 0 Å². The minimum absolute atomic E-state index is 0.107. The molecule has 4 aromatic rings. The minimum atomic E-state index is -1.27. The first-order chi connectivity index (χ1) is 32.6. The number of carbonyl (C=O) groups excluding carboxylic acids is 7. The summed E-state index contributed by atoms with van der Waals surface area (Å²) in [6.07, 6.45) is 3.15. The lowest BCUT2D eigenvalue weighted by Gasteiger charge is -2.31. The molecular weight excluding hydrogens is 869 g/mol. The molecule has 13 heteroatoms. The first kappa shape index (κ1) is 49.7. The van der Waals surface area contributed by atoms with E-state index < -0.39 is 35.2 Å². The molecule has 0 heterocycles. The zero-order valence-electron chi connectivity index (χ0n) is 38.6. The van der Waals surface area contributed by atoms with E-state index in [1.807, 2.05) is 80.6 Å². The monoisotopic (exact) mass is 920 g/mol. The van der Waals surface area contributed by atoms with E-state index in [1.54, 1.807) is 42.5 Å². The van der Waals surface area contributed by atoms with Gasteiger partial charge in [0.1, 0.15) is 31.3 Å². The highest BCUT2D eigenvalue weighted by atomic mass is 16.6. The number of benzene rings is 4. The molecule has 2 aliphatic rings. The van der Waals surface area contributed by atoms with Gasteiger partial charge in [0.2, 0.25) is 0 Å². The Bertz CT molecular complexity index is 2720. The largest absolute Gasteiger partial charge is 0.465 e. The molecule has 0 spiro atoms. The van der Waals surface area contributed by atoms with E-state index in [0.29, 0.717) is 34.5 Å². The van der Waals surface area contributed by atoms with Gasteiger partial charge in [0.05, 0.1) is 24.9 Å². The predicted octanol–water partition coefficient (Wildman–Crippen LogP) is 9.09. The van der Waals surface area contributed by atoms with Crippen LogP contribution < -0.4 is 9.47 Å². The molecule has 0 N–H and O–H groups in total. The van der Waals surface area contributed by atoms with Crippen molar-refractivity contribution in [2.75, 3.05) is 33.5 Å². The Morgan fingerprint density at radius 3 is 1.41 bits per heavy atom. The summed E-state index contributed by atoms with van der Waals surface area (Å²) in [5, 5.41) is 0. The lowest BCUT2D eigenvalue weighted by atomic mass is 9.74. The smallest absolute Gasteiger partial charge is 0.333 e. The van der Waals surface area contributed by atoms with Crippen molar-refractivity contribution in [1.29, 1.82) is 0 Å². The number of ketones is 2. The maximum atomic E-state index is 14.3. The summed E-state index contributed by atoms with van der Waals surface area (Å²) in [5.41, 5.74) is 5.84. The summed E-state index contributed by atoms with van der Waals surface area (Å²) in [7, 11) is 1.38. The van der Waals surface area contributed by atoms with Gasteiger partial charge >= 0.3 is 23.9 Å². The topological polar surface area (TPSA) is 175 Å². The predicted molar refractivity (Wildman–Crippen MR) is 253 cm³/mol. The Labute approximate surface area is 394 Å². The van der Waals surface area contributed by atoms with Crippen LogP contribution in [0.5, 0.6) is 11.5 Å². The molecule has 0 aliphatic heterocycles. The van der Waals surface area contributed by atoms with Crippen LogP contribution in [0.15, 0.2) is 145 Å². The van der Waals surface area contributed by atoms with Crippen LogP contribution in [0.3, 0.4) is 0 Å². The van der Waals surface area contributed by atoms with Gasteiger partial charge in [0, 0.05) is 52.4 Å². The number of hydrogen-bond donors (Lipinski definition) is 0. The number of Topliss-reactive ketones (excluding diaryl/α,β-unsaturated/α-hetero) is 2. The van der Waals surface area contributed by atoms with Crippen LogP contribution in [0, 0.1) is 5.41 Å². The molecule has 2 aliphatic carbocycles. The fraction of sp³-hybridized carbons (Fsp3) is 0.255. The van der Waals surface area contributed by atoms with Gasteiger partial charge in [-0.05, 0) is 83.7 Å².